The zero-order valence-electron chi connectivity index (χ0n) is 12.7. The van der Waals surface area contributed by atoms with Crippen molar-refractivity contribution in [2.45, 2.75) is 45.6 Å². The number of oxime groups is 1. The molecule has 4 N–H and O–H groups in total. The molecule has 21 heavy (non-hydrogen) atoms. The number of amides is 1. The van der Waals surface area contributed by atoms with Gasteiger partial charge in [-0.1, -0.05) is 55.8 Å². The van der Waals surface area contributed by atoms with Crippen molar-refractivity contribution in [2.75, 3.05) is 0 Å². The lowest BCUT2D eigenvalue weighted by atomic mass is 9.96. The van der Waals surface area contributed by atoms with Crippen LogP contribution in [-0.4, -0.2) is 23.0 Å². The van der Waals surface area contributed by atoms with Crippen molar-refractivity contribution in [1.29, 1.82) is 0 Å². The second-order valence-electron chi connectivity index (χ2n) is 5.17. The van der Waals surface area contributed by atoms with Gasteiger partial charge in [0.05, 0.1) is 0 Å². The summed E-state index contributed by atoms with van der Waals surface area (Å²) in [6.07, 6.45) is 3.22. The normalized spacial score (nSPS) is 14.5. The summed E-state index contributed by atoms with van der Waals surface area (Å²) >= 11 is 0. The Morgan fingerprint density at radius 1 is 1.33 bits per heavy atom. The lowest BCUT2D eigenvalue weighted by molar-refractivity contribution is -0.123. The first-order valence-corrected chi connectivity index (χ1v) is 7.44. The minimum Gasteiger partial charge on any atom is -0.409 e. The minimum absolute atomic E-state index is 0.0531. The molecule has 0 aliphatic carbocycles. The predicted molar refractivity (Wildman–Crippen MR) is 84.2 cm³/mol. The Morgan fingerprint density at radius 2 is 2.00 bits per heavy atom. The highest BCUT2D eigenvalue weighted by molar-refractivity contribution is 6.02. The summed E-state index contributed by atoms with van der Waals surface area (Å²) in [5.41, 5.74) is 6.68. The fourth-order valence-electron chi connectivity index (χ4n) is 2.28. The largest absolute Gasteiger partial charge is 0.409 e. The average Bonchev–Trinajstić information content (AvgIpc) is 2.52. The summed E-state index contributed by atoms with van der Waals surface area (Å²) in [7, 11) is 0. The Labute approximate surface area is 126 Å². The van der Waals surface area contributed by atoms with Crippen LogP contribution in [-0.2, 0) is 11.2 Å². The van der Waals surface area contributed by atoms with E-state index in [0.717, 1.165) is 24.8 Å². The maximum Gasteiger partial charge on any atom is 0.231 e. The molecule has 1 rings (SSSR count). The van der Waals surface area contributed by atoms with E-state index in [4.69, 9.17) is 10.9 Å². The molecule has 0 heterocycles. The number of nitrogens with one attached hydrogen (secondary N) is 1. The molecule has 0 radical (unpaired) electrons. The van der Waals surface area contributed by atoms with Gasteiger partial charge < -0.3 is 16.3 Å². The number of rotatable bonds is 8. The molecule has 0 saturated heterocycles. The monoisotopic (exact) mass is 291 g/mol. The zero-order chi connectivity index (χ0) is 15.7. The molecule has 2 atom stereocenters. The van der Waals surface area contributed by atoms with Crippen LogP contribution in [0.5, 0.6) is 0 Å². The highest BCUT2D eigenvalue weighted by Crippen LogP contribution is 2.11. The van der Waals surface area contributed by atoms with Crippen LogP contribution >= 0.6 is 0 Å². The third kappa shape index (κ3) is 5.45. The summed E-state index contributed by atoms with van der Waals surface area (Å²) in [6.45, 7) is 4.12. The topological polar surface area (TPSA) is 87.7 Å². The van der Waals surface area contributed by atoms with Crippen LogP contribution in [0.2, 0.25) is 0 Å². The van der Waals surface area contributed by atoms with Gasteiger partial charge in [-0.3, -0.25) is 4.79 Å². The van der Waals surface area contributed by atoms with Gasteiger partial charge in [-0.15, -0.1) is 0 Å². The summed E-state index contributed by atoms with van der Waals surface area (Å²) in [5, 5.41) is 14.9. The molecule has 1 aromatic carbocycles. The Kier molecular flexibility index (Phi) is 7.29. The molecule has 116 valence electrons. The van der Waals surface area contributed by atoms with Crippen molar-refractivity contribution in [3.63, 3.8) is 0 Å². The number of hydrogen-bond donors (Lipinski definition) is 3. The number of carbonyl (C=O) groups excluding carboxylic acids is 1. The lowest BCUT2D eigenvalue weighted by Crippen LogP contribution is -2.44. The fourth-order valence-corrected chi connectivity index (χ4v) is 2.28. The van der Waals surface area contributed by atoms with Gasteiger partial charge >= 0.3 is 0 Å². The highest BCUT2D eigenvalue weighted by Gasteiger charge is 2.25. The van der Waals surface area contributed by atoms with E-state index >= 15 is 0 Å². The van der Waals surface area contributed by atoms with Crippen LogP contribution in [0.15, 0.2) is 35.5 Å². The standard InChI is InChI=1S/C16H25N3O2/c1-3-8-13(4-2)18-16(20)14(15(17)19-21)11-12-9-6-5-7-10-12/h5-7,9-10,13-14,21H,3-4,8,11H2,1-2H3,(H2,17,19)(H,18,20). The zero-order valence-corrected chi connectivity index (χ0v) is 12.7. The van der Waals surface area contributed by atoms with Crippen LogP contribution in [0.1, 0.15) is 38.7 Å². The smallest absolute Gasteiger partial charge is 0.231 e. The minimum atomic E-state index is -0.650. The molecule has 0 fully saturated rings. The number of nitrogens with two attached hydrogens (primary N) is 1. The van der Waals surface area contributed by atoms with Crippen molar-refractivity contribution in [3.05, 3.63) is 35.9 Å². The van der Waals surface area contributed by atoms with Crippen molar-refractivity contribution in [1.82, 2.24) is 5.32 Å². The van der Waals surface area contributed by atoms with Gasteiger partial charge in [0.25, 0.3) is 0 Å². The van der Waals surface area contributed by atoms with Gasteiger partial charge in [0, 0.05) is 6.04 Å². The molecule has 0 spiro atoms. The number of carbonyl (C=O) groups is 1. The molecule has 2 unspecified atom stereocenters. The van der Waals surface area contributed by atoms with Gasteiger partial charge in [-0.2, -0.15) is 0 Å². The Hall–Kier alpha value is -2.04. The van der Waals surface area contributed by atoms with Gasteiger partial charge in [0.1, 0.15) is 5.92 Å². The predicted octanol–water partition coefficient (Wildman–Crippen LogP) is 2.29. The molecular weight excluding hydrogens is 266 g/mol. The molecule has 0 aliphatic rings. The fraction of sp³-hybridized carbons (Fsp3) is 0.500. The van der Waals surface area contributed by atoms with E-state index in [1.165, 1.54) is 0 Å². The number of amidine groups is 1. The molecule has 0 aliphatic heterocycles. The first-order valence-electron chi connectivity index (χ1n) is 7.44. The SMILES string of the molecule is CCCC(CC)NC(=O)C(Cc1ccccc1)C(N)=NO. The molecule has 1 aromatic rings. The lowest BCUT2D eigenvalue weighted by Gasteiger charge is -2.21. The van der Waals surface area contributed by atoms with E-state index in [1.54, 1.807) is 0 Å². The van der Waals surface area contributed by atoms with Crippen molar-refractivity contribution in [2.24, 2.45) is 16.8 Å². The first-order chi connectivity index (χ1) is 10.1. The summed E-state index contributed by atoms with van der Waals surface area (Å²) in [4.78, 5) is 12.4. The van der Waals surface area contributed by atoms with Gasteiger partial charge in [0.2, 0.25) is 5.91 Å². The third-order valence-corrected chi connectivity index (χ3v) is 3.55. The number of hydrogen-bond acceptors (Lipinski definition) is 3. The van der Waals surface area contributed by atoms with Crippen molar-refractivity contribution < 1.29 is 10.0 Å². The van der Waals surface area contributed by atoms with E-state index in [9.17, 15) is 4.79 Å². The van der Waals surface area contributed by atoms with Crippen molar-refractivity contribution >= 4 is 11.7 Å². The molecule has 5 heteroatoms. The van der Waals surface area contributed by atoms with E-state index in [-0.39, 0.29) is 17.8 Å². The quantitative estimate of drug-likeness (QED) is 0.297. The Balaban J connectivity index is 2.80. The highest BCUT2D eigenvalue weighted by atomic mass is 16.4. The maximum absolute atomic E-state index is 12.4. The molecule has 0 bridgehead atoms. The number of benzene rings is 1. The maximum atomic E-state index is 12.4. The van der Waals surface area contributed by atoms with Crippen molar-refractivity contribution in [3.8, 4) is 0 Å². The van der Waals surface area contributed by atoms with Crippen LogP contribution in [0.25, 0.3) is 0 Å². The van der Waals surface area contributed by atoms with Gasteiger partial charge in [-0.05, 0) is 24.8 Å². The van der Waals surface area contributed by atoms with E-state index in [1.807, 2.05) is 37.3 Å². The second kappa shape index (κ2) is 9.00. The summed E-state index contributed by atoms with van der Waals surface area (Å²) in [5.74, 6) is -0.888. The Morgan fingerprint density at radius 3 is 2.52 bits per heavy atom. The Bertz CT molecular complexity index is 460. The molecule has 0 aromatic heterocycles. The average molecular weight is 291 g/mol. The van der Waals surface area contributed by atoms with E-state index in [2.05, 4.69) is 17.4 Å². The molecule has 1 amide bonds. The first kappa shape index (κ1) is 17.0. The van der Waals surface area contributed by atoms with E-state index in [0.29, 0.717) is 6.42 Å². The summed E-state index contributed by atoms with van der Waals surface area (Å²) < 4.78 is 0. The second-order valence-corrected chi connectivity index (χ2v) is 5.17. The van der Waals surface area contributed by atoms with E-state index < -0.39 is 5.92 Å². The molecular formula is C16H25N3O2. The molecule has 0 saturated carbocycles. The van der Waals surface area contributed by atoms with Crippen LogP contribution in [0.4, 0.5) is 0 Å². The van der Waals surface area contributed by atoms with Crippen LogP contribution in [0, 0.1) is 5.92 Å². The van der Waals surface area contributed by atoms with Crippen LogP contribution in [0.3, 0.4) is 0 Å². The van der Waals surface area contributed by atoms with Crippen LogP contribution < -0.4 is 11.1 Å². The van der Waals surface area contributed by atoms with Gasteiger partial charge in [0.15, 0.2) is 5.84 Å². The number of nitrogens with zero attached hydrogens (tertiary/aromatic N) is 1. The third-order valence-electron chi connectivity index (χ3n) is 3.55. The molecule has 5 nitrogen and oxygen atoms in total. The summed E-state index contributed by atoms with van der Waals surface area (Å²) in [6, 6.07) is 9.71. The van der Waals surface area contributed by atoms with Gasteiger partial charge in [-0.25, -0.2) is 0 Å².